The molecule has 3 N–H and O–H groups in total. The monoisotopic (exact) mass is 268 g/mol. The molecule has 1 atom stereocenters. The number of benzene rings is 1. The first kappa shape index (κ1) is 14.9. The van der Waals surface area contributed by atoms with E-state index in [4.69, 9.17) is 15.6 Å². The van der Waals surface area contributed by atoms with Gasteiger partial charge in [-0.15, -0.1) is 0 Å². The maximum atomic E-state index is 10.8. The molecule has 0 radical (unpaired) electrons. The van der Waals surface area contributed by atoms with Gasteiger partial charge in [0.2, 0.25) is 0 Å². The molecule has 0 aromatic heterocycles. The van der Waals surface area contributed by atoms with Crippen LogP contribution in [0.2, 0.25) is 0 Å². The number of nitrogens with zero attached hydrogens (tertiary/aromatic N) is 1. The lowest BCUT2D eigenvalue weighted by atomic mass is 10.0. The highest BCUT2D eigenvalue weighted by Gasteiger charge is 2.28. The molecular weight excluding hydrogens is 252 g/mol. The average Bonchev–Trinajstić information content (AvgIpc) is 2.28. The van der Waals surface area contributed by atoms with Crippen LogP contribution in [0.4, 0.5) is 5.69 Å². The van der Waals surface area contributed by atoms with Gasteiger partial charge in [-0.25, -0.2) is 0 Å². The van der Waals surface area contributed by atoms with Gasteiger partial charge < -0.3 is 15.6 Å². The maximum absolute atomic E-state index is 10.8. The molecule has 104 valence electrons. The number of carbonyl (C=O) groups is 1. The zero-order chi connectivity index (χ0) is 14.6. The van der Waals surface area contributed by atoms with Crippen LogP contribution in [0.25, 0.3) is 0 Å². The van der Waals surface area contributed by atoms with E-state index in [2.05, 4.69) is 0 Å². The number of rotatable bonds is 6. The second kappa shape index (κ2) is 5.66. The smallest absolute Gasteiger partial charge is 0.323 e. The third kappa shape index (κ3) is 3.92. The van der Waals surface area contributed by atoms with E-state index in [-0.39, 0.29) is 24.5 Å². The highest BCUT2D eigenvalue weighted by atomic mass is 16.6. The van der Waals surface area contributed by atoms with Crippen molar-refractivity contribution in [2.24, 2.45) is 5.73 Å². The summed E-state index contributed by atoms with van der Waals surface area (Å²) in [7, 11) is 0. The number of aliphatic carboxylic acids is 1. The van der Waals surface area contributed by atoms with Gasteiger partial charge in [-0.05, 0) is 25.5 Å². The summed E-state index contributed by atoms with van der Waals surface area (Å²) >= 11 is 0. The van der Waals surface area contributed by atoms with Crippen molar-refractivity contribution in [1.29, 1.82) is 0 Å². The Bertz CT molecular complexity index is 499. The number of nitro benzene ring substituents is 1. The summed E-state index contributed by atoms with van der Waals surface area (Å²) in [6.45, 7) is 3.13. The summed E-state index contributed by atoms with van der Waals surface area (Å²) in [5, 5.41) is 19.6. The van der Waals surface area contributed by atoms with Crippen molar-refractivity contribution in [3.63, 3.8) is 0 Å². The highest BCUT2D eigenvalue weighted by molar-refractivity contribution is 5.77. The van der Waals surface area contributed by atoms with Crippen molar-refractivity contribution < 1.29 is 19.6 Å². The quantitative estimate of drug-likeness (QED) is 0.596. The Labute approximate surface area is 110 Å². The number of carboxylic acid groups (broad SMARTS) is 1. The Kier molecular flexibility index (Phi) is 4.44. The van der Waals surface area contributed by atoms with E-state index >= 15 is 0 Å². The minimum Gasteiger partial charge on any atom is -0.487 e. The fraction of sp³-hybridized carbons (Fsp3) is 0.417. The molecule has 0 spiro atoms. The summed E-state index contributed by atoms with van der Waals surface area (Å²) in [6.07, 6.45) is 0.0490. The van der Waals surface area contributed by atoms with E-state index in [1.807, 2.05) is 0 Å². The van der Waals surface area contributed by atoms with Crippen LogP contribution in [-0.4, -0.2) is 28.1 Å². The summed E-state index contributed by atoms with van der Waals surface area (Å²) in [5.74, 6) is -1.03. The predicted molar refractivity (Wildman–Crippen MR) is 68.2 cm³/mol. The van der Waals surface area contributed by atoms with Crippen LogP contribution < -0.4 is 10.5 Å². The van der Waals surface area contributed by atoms with Crippen LogP contribution in [-0.2, 0) is 4.79 Å². The van der Waals surface area contributed by atoms with Crippen LogP contribution in [0, 0.1) is 17.0 Å². The first-order chi connectivity index (χ1) is 8.74. The van der Waals surface area contributed by atoms with E-state index in [9.17, 15) is 14.9 Å². The molecule has 0 fully saturated rings. The van der Waals surface area contributed by atoms with E-state index < -0.39 is 16.4 Å². The topological polar surface area (TPSA) is 116 Å². The Morgan fingerprint density at radius 2 is 2.21 bits per heavy atom. The minimum atomic E-state index is -1.42. The Hall–Kier alpha value is -2.15. The summed E-state index contributed by atoms with van der Waals surface area (Å²) in [6, 6.07) is 4.49. The number of nitro groups is 1. The Morgan fingerprint density at radius 3 is 2.74 bits per heavy atom. The molecule has 1 rings (SSSR count). The molecule has 0 bridgehead atoms. The van der Waals surface area contributed by atoms with Gasteiger partial charge in [0.15, 0.2) is 5.75 Å². The largest absolute Gasteiger partial charge is 0.487 e. The molecule has 19 heavy (non-hydrogen) atoms. The zero-order valence-electron chi connectivity index (χ0n) is 10.8. The van der Waals surface area contributed by atoms with E-state index in [1.165, 1.54) is 19.1 Å². The van der Waals surface area contributed by atoms with Crippen LogP contribution in [0.15, 0.2) is 18.2 Å². The number of hydrogen-bond donors (Lipinski definition) is 2. The number of aryl methyl sites for hydroxylation is 1. The Balaban J connectivity index is 2.75. The highest BCUT2D eigenvalue weighted by Crippen LogP contribution is 2.28. The molecule has 0 heterocycles. The summed E-state index contributed by atoms with van der Waals surface area (Å²) in [5.41, 5.74) is 4.78. The summed E-state index contributed by atoms with van der Waals surface area (Å²) in [4.78, 5) is 21.1. The molecule has 7 heteroatoms. The average molecular weight is 268 g/mol. The number of ether oxygens (including phenoxy) is 1. The van der Waals surface area contributed by atoms with Crippen molar-refractivity contribution in [1.82, 2.24) is 0 Å². The second-order valence-corrected chi connectivity index (χ2v) is 4.55. The first-order valence-corrected chi connectivity index (χ1v) is 5.64. The second-order valence-electron chi connectivity index (χ2n) is 4.55. The van der Waals surface area contributed by atoms with Gasteiger partial charge >= 0.3 is 11.7 Å². The van der Waals surface area contributed by atoms with Crippen molar-refractivity contribution in [3.05, 3.63) is 33.9 Å². The van der Waals surface area contributed by atoms with Crippen molar-refractivity contribution in [2.45, 2.75) is 25.8 Å². The van der Waals surface area contributed by atoms with E-state index in [1.54, 1.807) is 13.0 Å². The lowest BCUT2D eigenvalue weighted by Gasteiger charge is -2.19. The van der Waals surface area contributed by atoms with Gasteiger partial charge in [-0.2, -0.15) is 0 Å². The molecule has 0 amide bonds. The first-order valence-electron chi connectivity index (χ1n) is 5.64. The van der Waals surface area contributed by atoms with E-state index in [0.717, 1.165) is 5.56 Å². The number of hydrogen-bond acceptors (Lipinski definition) is 5. The molecule has 1 unspecified atom stereocenters. The summed E-state index contributed by atoms with van der Waals surface area (Å²) < 4.78 is 5.28. The molecule has 1 aromatic rings. The van der Waals surface area contributed by atoms with Gasteiger partial charge in [-0.1, -0.05) is 6.07 Å². The molecule has 1 aromatic carbocycles. The molecule has 0 saturated carbocycles. The normalized spacial score (nSPS) is 13.6. The van der Waals surface area contributed by atoms with Crippen molar-refractivity contribution >= 4 is 11.7 Å². The van der Waals surface area contributed by atoms with Crippen LogP contribution in [0.5, 0.6) is 5.75 Å². The molecule has 0 aliphatic rings. The lowest BCUT2D eigenvalue weighted by Crippen LogP contribution is -2.45. The van der Waals surface area contributed by atoms with Crippen LogP contribution in [0.3, 0.4) is 0 Å². The lowest BCUT2D eigenvalue weighted by molar-refractivity contribution is -0.385. The third-order valence-electron chi connectivity index (χ3n) is 2.68. The Morgan fingerprint density at radius 1 is 1.58 bits per heavy atom. The van der Waals surface area contributed by atoms with Crippen LogP contribution >= 0.6 is 0 Å². The van der Waals surface area contributed by atoms with Gasteiger partial charge in [0.1, 0.15) is 5.54 Å². The van der Waals surface area contributed by atoms with Crippen molar-refractivity contribution in [3.8, 4) is 5.75 Å². The fourth-order valence-electron chi connectivity index (χ4n) is 1.37. The van der Waals surface area contributed by atoms with Gasteiger partial charge in [0.25, 0.3) is 0 Å². The SMILES string of the molecule is Cc1ccc([N+](=O)[O-])c(OCCC(C)(N)C(=O)O)c1. The van der Waals surface area contributed by atoms with Gasteiger partial charge in [-0.3, -0.25) is 14.9 Å². The molecule has 7 nitrogen and oxygen atoms in total. The molecule has 0 aliphatic heterocycles. The maximum Gasteiger partial charge on any atom is 0.323 e. The molecular formula is C12H16N2O5. The predicted octanol–water partition coefficient (Wildman–Crippen LogP) is 1.47. The number of nitrogens with two attached hydrogens (primary N) is 1. The van der Waals surface area contributed by atoms with Gasteiger partial charge in [0.05, 0.1) is 11.5 Å². The fourth-order valence-corrected chi connectivity index (χ4v) is 1.37. The molecule has 0 aliphatic carbocycles. The minimum absolute atomic E-state index is 0.0103. The third-order valence-corrected chi connectivity index (χ3v) is 2.68. The van der Waals surface area contributed by atoms with Crippen molar-refractivity contribution in [2.75, 3.05) is 6.61 Å². The van der Waals surface area contributed by atoms with E-state index in [0.29, 0.717) is 0 Å². The molecule has 0 saturated heterocycles. The van der Waals surface area contributed by atoms with Gasteiger partial charge in [0, 0.05) is 12.5 Å². The van der Waals surface area contributed by atoms with Crippen LogP contribution in [0.1, 0.15) is 18.9 Å². The standard InChI is InChI=1S/C12H16N2O5/c1-8-3-4-9(14(17)18)10(7-8)19-6-5-12(2,13)11(15)16/h3-4,7H,5-6,13H2,1-2H3,(H,15,16). The number of carboxylic acids is 1. The zero-order valence-corrected chi connectivity index (χ0v) is 10.8.